The van der Waals surface area contributed by atoms with Gasteiger partial charge in [-0.3, -0.25) is 3.97 Å². The summed E-state index contributed by atoms with van der Waals surface area (Å²) >= 11 is 3.35. The maximum atomic E-state index is 13.0. The topological polar surface area (TPSA) is 59.9 Å². The summed E-state index contributed by atoms with van der Waals surface area (Å²) in [6, 6.07) is 30.8. The van der Waals surface area contributed by atoms with E-state index in [9.17, 15) is 4.79 Å². The Morgan fingerprint density at radius 2 is 1.71 bits per heavy atom. The second-order valence-electron chi connectivity index (χ2n) is 8.89. The summed E-state index contributed by atoms with van der Waals surface area (Å²) in [7, 11) is 1.42. The molecule has 0 aliphatic carbocycles. The van der Waals surface area contributed by atoms with Crippen molar-refractivity contribution in [1.29, 1.82) is 0 Å². The second kappa shape index (κ2) is 9.20. The van der Waals surface area contributed by atoms with Gasteiger partial charge < -0.3 is 9.72 Å². The zero-order chi connectivity index (χ0) is 25.6. The molecule has 0 aliphatic heterocycles. The molecule has 4 heterocycles. The average molecular weight is 532 g/mol. The van der Waals surface area contributed by atoms with E-state index >= 15 is 0 Å². The van der Waals surface area contributed by atoms with Gasteiger partial charge in [-0.2, -0.15) is 0 Å². The fourth-order valence-electron chi connectivity index (χ4n) is 4.95. The van der Waals surface area contributed by atoms with Crippen LogP contribution in [0.3, 0.4) is 0 Å². The summed E-state index contributed by atoms with van der Waals surface area (Å²) in [5, 5.41) is 3.39. The molecule has 184 valence electrons. The lowest BCUT2D eigenvalue weighted by atomic mass is 10.0. The number of methoxy groups -OCH3 is 1. The van der Waals surface area contributed by atoms with Gasteiger partial charge in [-0.25, -0.2) is 9.78 Å². The zero-order valence-corrected chi connectivity index (χ0v) is 22.0. The van der Waals surface area contributed by atoms with Gasteiger partial charge in [-0.05, 0) is 48.3 Å². The molecule has 38 heavy (non-hydrogen) atoms. The molecule has 0 spiro atoms. The highest BCUT2D eigenvalue weighted by atomic mass is 32.2. The van der Waals surface area contributed by atoms with Crippen LogP contribution >= 0.6 is 23.3 Å². The van der Waals surface area contributed by atoms with Crippen LogP contribution in [0.25, 0.3) is 53.7 Å². The first-order chi connectivity index (χ1) is 18.7. The molecule has 4 aromatic heterocycles. The molecule has 0 unspecified atom stereocenters. The number of hydrogen-bond acceptors (Lipinski definition) is 5. The van der Waals surface area contributed by atoms with Crippen LogP contribution in [0.5, 0.6) is 0 Å². The van der Waals surface area contributed by atoms with Crippen molar-refractivity contribution < 1.29 is 9.53 Å². The molecule has 7 heteroatoms. The van der Waals surface area contributed by atoms with E-state index in [2.05, 4.69) is 68.5 Å². The molecule has 0 amide bonds. The highest BCUT2D eigenvalue weighted by Crippen LogP contribution is 2.42. The van der Waals surface area contributed by atoms with Crippen molar-refractivity contribution in [3.05, 3.63) is 109 Å². The van der Waals surface area contributed by atoms with Gasteiger partial charge in [0.05, 0.1) is 18.4 Å². The fraction of sp³-hybridized carbons (Fsp3) is 0.0323. The van der Waals surface area contributed by atoms with Crippen molar-refractivity contribution in [1.82, 2.24) is 13.9 Å². The minimum absolute atomic E-state index is 0.372. The Morgan fingerprint density at radius 3 is 2.58 bits per heavy atom. The van der Waals surface area contributed by atoms with Gasteiger partial charge >= 0.3 is 5.97 Å². The third kappa shape index (κ3) is 3.70. The van der Waals surface area contributed by atoms with Crippen LogP contribution in [0.2, 0.25) is 0 Å². The molecular weight excluding hydrogens is 510 g/mol. The van der Waals surface area contributed by atoms with Crippen LogP contribution in [0.1, 0.15) is 10.4 Å². The summed E-state index contributed by atoms with van der Waals surface area (Å²) in [5.74, 6) is -0.372. The number of benzene rings is 3. The van der Waals surface area contributed by atoms with Gasteiger partial charge in [-0.1, -0.05) is 54.6 Å². The minimum Gasteiger partial charge on any atom is -0.465 e. The molecule has 0 aliphatic rings. The summed E-state index contributed by atoms with van der Waals surface area (Å²) in [6.45, 7) is 0. The molecule has 0 atom stereocenters. The molecule has 0 saturated heterocycles. The van der Waals surface area contributed by atoms with Crippen LogP contribution in [0, 0.1) is 0 Å². The monoisotopic (exact) mass is 531 g/mol. The number of esters is 1. The van der Waals surface area contributed by atoms with E-state index in [1.807, 2.05) is 48.8 Å². The van der Waals surface area contributed by atoms with Crippen molar-refractivity contribution in [2.75, 3.05) is 7.11 Å². The highest BCUT2D eigenvalue weighted by Gasteiger charge is 2.22. The van der Waals surface area contributed by atoms with Gasteiger partial charge in [0.15, 0.2) is 5.65 Å². The third-order valence-corrected chi connectivity index (χ3v) is 8.88. The predicted molar refractivity (Wildman–Crippen MR) is 157 cm³/mol. The first kappa shape index (κ1) is 22.8. The average Bonchev–Trinajstić information content (AvgIpc) is 3.68. The molecule has 5 nitrogen and oxygen atoms in total. The molecule has 0 saturated carbocycles. The number of nitrogens with one attached hydrogen (secondary N) is 1. The Bertz CT molecular complexity index is 1970. The number of fused-ring (bicyclic) bond motifs is 4. The molecule has 0 bridgehead atoms. The van der Waals surface area contributed by atoms with Crippen molar-refractivity contribution in [3.8, 4) is 22.5 Å². The van der Waals surface area contributed by atoms with Crippen LogP contribution in [0.4, 0.5) is 0 Å². The van der Waals surface area contributed by atoms with Gasteiger partial charge in [0.2, 0.25) is 0 Å². The fourth-order valence-corrected chi connectivity index (χ4v) is 7.03. The smallest absolute Gasteiger partial charge is 0.340 e. The number of ether oxygens (including phenoxy) is 1. The maximum absolute atomic E-state index is 13.0. The molecule has 3 aromatic carbocycles. The maximum Gasteiger partial charge on any atom is 0.340 e. The molecule has 7 rings (SSSR count). The van der Waals surface area contributed by atoms with Crippen molar-refractivity contribution in [2.24, 2.45) is 0 Å². The quantitative estimate of drug-likeness (QED) is 0.227. The Balaban J connectivity index is 1.39. The number of pyridine rings is 1. The number of H-pyrrole nitrogens is 1. The Labute approximate surface area is 226 Å². The van der Waals surface area contributed by atoms with Gasteiger partial charge in [0.25, 0.3) is 0 Å². The lowest BCUT2D eigenvalue weighted by molar-refractivity contribution is 0.0602. The lowest BCUT2D eigenvalue weighted by Crippen LogP contribution is -2.01. The van der Waals surface area contributed by atoms with E-state index in [4.69, 9.17) is 4.74 Å². The summed E-state index contributed by atoms with van der Waals surface area (Å²) in [5.41, 5.74) is 4.93. The van der Waals surface area contributed by atoms with Crippen molar-refractivity contribution >= 4 is 60.5 Å². The van der Waals surface area contributed by atoms with Crippen LogP contribution in [0.15, 0.2) is 108 Å². The van der Waals surface area contributed by atoms with Gasteiger partial charge in [0.1, 0.15) is 0 Å². The first-order valence-corrected chi connectivity index (χ1v) is 13.7. The molecule has 0 radical (unpaired) electrons. The number of thiophene rings is 1. The Kier molecular flexibility index (Phi) is 5.53. The van der Waals surface area contributed by atoms with E-state index in [0.29, 0.717) is 5.56 Å². The summed E-state index contributed by atoms with van der Waals surface area (Å²) in [6.07, 6.45) is 3.84. The van der Waals surface area contributed by atoms with E-state index in [1.165, 1.54) is 22.6 Å². The predicted octanol–water partition coefficient (Wildman–Crippen LogP) is 8.41. The molecule has 7 aromatic rings. The number of hydrogen-bond donors (Lipinski definition) is 1. The molecule has 0 fully saturated rings. The van der Waals surface area contributed by atoms with E-state index in [1.54, 1.807) is 23.3 Å². The number of nitrogens with zero attached hydrogens (tertiary/aromatic N) is 2. The van der Waals surface area contributed by atoms with Crippen LogP contribution in [-0.4, -0.2) is 27.0 Å². The van der Waals surface area contributed by atoms with Crippen molar-refractivity contribution in [2.45, 2.75) is 4.90 Å². The third-order valence-electron chi connectivity index (χ3n) is 6.69. The van der Waals surface area contributed by atoms with E-state index in [0.717, 1.165) is 43.1 Å². The Hall–Kier alpha value is -4.33. The molecule has 1 N–H and O–H groups in total. The van der Waals surface area contributed by atoms with Gasteiger partial charge in [0, 0.05) is 59.7 Å². The lowest BCUT2D eigenvalue weighted by Gasteiger charge is -2.06. The zero-order valence-electron chi connectivity index (χ0n) is 20.3. The second-order valence-corrected chi connectivity index (χ2v) is 11.0. The highest BCUT2D eigenvalue weighted by molar-refractivity contribution is 7.98. The number of carbonyl (C=O) groups is 1. The largest absolute Gasteiger partial charge is 0.465 e. The minimum atomic E-state index is -0.372. The number of aromatic nitrogens is 3. The SMILES string of the molecule is COC(=O)c1cc(-c2ccnc3c2ccn3Sc2ccccc2)[nH]c1-c1cccc2c1sc1ccccc12. The summed E-state index contributed by atoms with van der Waals surface area (Å²) in [4.78, 5) is 22.3. The first-order valence-electron chi connectivity index (χ1n) is 12.1. The standard InChI is InChI=1S/C31H21N3O2S2/c1-36-31(35)25-18-26(20-14-16-32-30-23(20)15-17-34(30)38-19-8-3-2-4-9-19)33-28(25)24-12-7-11-22-21-10-5-6-13-27(21)37-29(22)24/h2-18,33H,1H3. The number of carbonyl (C=O) groups excluding carboxylic acids is 1. The van der Waals surface area contributed by atoms with E-state index in [-0.39, 0.29) is 5.97 Å². The van der Waals surface area contributed by atoms with Gasteiger partial charge in [-0.15, -0.1) is 11.3 Å². The summed E-state index contributed by atoms with van der Waals surface area (Å²) < 4.78 is 9.62. The Morgan fingerprint density at radius 1 is 0.895 bits per heavy atom. The number of rotatable bonds is 5. The normalized spacial score (nSPS) is 11.5. The van der Waals surface area contributed by atoms with Crippen LogP contribution in [-0.2, 0) is 4.74 Å². The van der Waals surface area contributed by atoms with E-state index < -0.39 is 0 Å². The van der Waals surface area contributed by atoms with Crippen molar-refractivity contribution in [3.63, 3.8) is 0 Å². The number of aromatic amines is 1. The molecular formula is C31H21N3O2S2. The van der Waals surface area contributed by atoms with Crippen LogP contribution < -0.4 is 0 Å².